The quantitative estimate of drug-likeness (QED) is 0.558. The van der Waals surface area contributed by atoms with Gasteiger partial charge < -0.3 is 9.47 Å². The maximum atomic E-state index is 5.45. The molecule has 0 aliphatic carbocycles. The summed E-state index contributed by atoms with van der Waals surface area (Å²) in [4.78, 5) is 2.31. The lowest BCUT2D eigenvalue weighted by Gasteiger charge is -2.22. The molecular formula is C8H15NO2. The molecule has 0 N–H and O–H groups in total. The second-order valence-corrected chi connectivity index (χ2v) is 3.56. The molecule has 0 amide bonds. The average Bonchev–Trinajstić information content (AvgIpc) is 2.41. The minimum atomic E-state index is -0.0256. The van der Waals surface area contributed by atoms with Gasteiger partial charge in [0.15, 0.2) is 0 Å². The van der Waals surface area contributed by atoms with Gasteiger partial charge in [-0.1, -0.05) is 13.8 Å². The first-order chi connectivity index (χ1) is 5.29. The highest BCUT2D eigenvalue weighted by atomic mass is 16.7. The van der Waals surface area contributed by atoms with Crippen LogP contribution in [0.3, 0.4) is 0 Å². The van der Waals surface area contributed by atoms with E-state index in [1.54, 1.807) is 0 Å². The predicted octanol–water partition coefficient (Wildman–Crippen LogP) is 0.657. The number of hydrogen-bond donors (Lipinski definition) is 0. The minimum Gasteiger partial charge on any atom is -0.338 e. The Morgan fingerprint density at radius 1 is 1.36 bits per heavy atom. The van der Waals surface area contributed by atoms with E-state index in [1.807, 2.05) is 0 Å². The third-order valence-electron chi connectivity index (χ3n) is 2.49. The third kappa shape index (κ3) is 1.17. The normalized spacial score (nSPS) is 38.5. The molecular weight excluding hydrogens is 142 g/mol. The van der Waals surface area contributed by atoms with Gasteiger partial charge in [-0.15, -0.1) is 0 Å². The molecule has 2 aliphatic rings. The van der Waals surface area contributed by atoms with Crippen molar-refractivity contribution in [1.82, 2.24) is 4.90 Å². The van der Waals surface area contributed by atoms with E-state index in [0.29, 0.717) is 12.0 Å². The van der Waals surface area contributed by atoms with Gasteiger partial charge in [0.05, 0.1) is 13.2 Å². The summed E-state index contributed by atoms with van der Waals surface area (Å²) in [5, 5.41) is 0. The summed E-state index contributed by atoms with van der Waals surface area (Å²) in [6, 6.07) is 0.572. The first-order valence-electron chi connectivity index (χ1n) is 4.28. The van der Waals surface area contributed by atoms with Crippen LogP contribution in [0, 0.1) is 5.92 Å². The monoisotopic (exact) mass is 157 g/mol. The molecule has 0 saturated carbocycles. The van der Waals surface area contributed by atoms with Crippen LogP contribution in [0.5, 0.6) is 0 Å². The lowest BCUT2D eigenvalue weighted by Crippen LogP contribution is -2.36. The second kappa shape index (κ2) is 2.73. The molecule has 2 atom stereocenters. The molecule has 2 fully saturated rings. The lowest BCUT2D eigenvalue weighted by molar-refractivity contribution is -0.122. The summed E-state index contributed by atoms with van der Waals surface area (Å²) in [6.45, 7) is 7.16. The molecule has 0 spiro atoms. The third-order valence-corrected chi connectivity index (χ3v) is 2.49. The predicted molar refractivity (Wildman–Crippen MR) is 41.0 cm³/mol. The van der Waals surface area contributed by atoms with Crippen LogP contribution >= 0.6 is 0 Å². The standard InChI is InChI=1S/C8H15NO2/c1-6(2)7-5-11-8-9(7)3-4-10-8/h6-8H,3-5H2,1-2H3. The van der Waals surface area contributed by atoms with Crippen LogP contribution in [0.15, 0.2) is 0 Å². The van der Waals surface area contributed by atoms with Crippen LogP contribution < -0.4 is 0 Å². The zero-order valence-corrected chi connectivity index (χ0v) is 7.12. The van der Waals surface area contributed by atoms with Crippen molar-refractivity contribution in [3.05, 3.63) is 0 Å². The molecule has 2 unspecified atom stereocenters. The molecule has 0 aromatic carbocycles. The molecule has 11 heavy (non-hydrogen) atoms. The molecule has 0 bridgehead atoms. The van der Waals surface area contributed by atoms with Crippen molar-refractivity contribution in [3.63, 3.8) is 0 Å². The zero-order chi connectivity index (χ0) is 7.84. The zero-order valence-electron chi connectivity index (χ0n) is 7.12. The van der Waals surface area contributed by atoms with Crippen molar-refractivity contribution in [2.45, 2.75) is 26.3 Å². The molecule has 2 rings (SSSR count). The largest absolute Gasteiger partial charge is 0.338 e. The number of nitrogens with zero attached hydrogens (tertiary/aromatic N) is 1. The van der Waals surface area contributed by atoms with Crippen molar-refractivity contribution in [3.8, 4) is 0 Å². The van der Waals surface area contributed by atoms with E-state index in [-0.39, 0.29) is 6.41 Å². The maximum Gasteiger partial charge on any atom is 0.219 e. The Hall–Kier alpha value is -0.120. The highest BCUT2D eigenvalue weighted by Crippen LogP contribution is 2.26. The summed E-state index contributed by atoms with van der Waals surface area (Å²) >= 11 is 0. The van der Waals surface area contributed by atoms with Gasteiger partial charge in [-0.2, -0.15) is 0 Å². The molecule has 0 radical (unpaired) electrons. The van der Waals surface area contributed by atoms with Crippen molar-refractivity contribution in [1.29, 1.82) is 0 Å². The van der Waals surface area contributed by atoms with Crippen LogP contribution in [0.2, 0.25) is 0 Å². The van der Waals surface area contributed by atoms with Gasteiger partial charge in [0.25, 0.3) is 0 Å². The Bertz CT molecular complexity index is 149. The van der Waals surface area contributed by atoms with Gasteiger partial charge in [0.2, 0.25) is 6.41 Å². The average molecular weight is 157 g/mol. The molecule has 3 heteroatoms. The first kappa shape index (κ1) is 7.53. The molecule has 2 heterocycles. The fourth-order valence-corrected chi connectivity index (χ4v) is 1.78. The van der Waals surface area contributed by atoms with E-state index in [1.165, 1.54) is 0 Å². The molecule has 2 saturated heterocycles. The van der Waals surface area contributed by atoms with Gasteiger partial charge in [-0.05, 0) is 5.92 Å². The SMILES string of the molecule is CC(C)C1COC2OCCN21. The Morgan fingerprint density at radius 2 is 2.18 bits per heavy atom. The van der Waals surface area contributed by atoms with E-state index in [4.69, 9.17) is 9.47 Å². The Labute approximate surface area is 67.3 Å². The van der Waals surface area contributed by atoms with Crippen molar-refractivity contribution in [2.75, 3.05) is 19.8 Å². The Morgan fingerprint density at radius 3 is 2.91 bits per heavy atom. The number of ether oxygens (including phenoxy) is 2. The van der Waals surface area contributed by atoms with E-state index in [0.717, 1.165) is 19.8 Å². The van der Waals surface area contributed by atoms with Crippen LogP contribution in [0.4, 0.5) is 0 Å². The van der Waals surface area contributed by atoms with Crippen LogP contribution in [-0.2, 0) is 9.47 Å². The number of fused-ring (bicyclic) bond motifs is 1. The van der Waals surface area contributed by atoms with E-state index >= 15 is 0 Å². The summed E-state index contributed by atoms with van der Waals surface area (Å²) in [5.74, 6) is 0.668. The van der Waals surface area contributed by atoms with E-state index < -0.39 is 0 Å². The molecule has 64 valence electrons. The van der Waals surface area contributed by atoms with Crippen molar-refractivity contribution < 1.29 is 9.47 Å². The van der Waals surface area contributed by atoms with E-state index in [2.05, 4.69) is 18.7 Å². The molecule has 0 aromatic heterocycles. The van der Waals surface area contributed by atoms with Gasteiger partial charge in [0, 0.05) is 12.6 Å². The molecule has 2 aliphatic heterocycles. The summed E-state index contributed by atoms with van der Waals surface area (Å²) in [5.41, 5.74) is 0. The van der Waals surface area contributed by atoms with Gasteiger partial charge in [-0.25, -0.2) is 4.90 Å². The Balaban J connectivity index is 2.03. The van der Waals surface area contributed by atoms with E-state index in [9.17, 15) is 0 Å². The molecule has 3 nitrogen and oxygen atoms in total. The van der Waals surface area contributed by atoms with Crippen molar-refractivity contribution in [2.24, 2.45) is 5.92 Å². The summed E-state index contributed by atoms with van der Waals surface area (Å²) in [6.07, 6.45) is -0.0256. The smallest absolute Gasteiger partial charge is 0.219 e. The fraction of sp³-hybridized carbons (Fsp3) is 1.00. The maximum absolute atomic E-state index is 5.45. The number of hydrogen-bond acceptors (Lipinski definition) is 3. The van der Waals surface area contributed by atoms with Gasteiger partial charge >= 0.3 is 0 Å². The number of rotatable bonds is 1. The van der Waals surface area contributed by atoms with Gasteiger partial charge in [0.1, 0.15) is 0 Å². The first-order valence-corrected chi connectivity index (χ1v) is 4.28. The van der Waals surface area contributed by atoms with Crippen LogP contribution in [0.1, 0.15) is 13.8 Å². The highest BCUT2D eigenvalue weighted by Gasteiger charge is 2.39. The lowest BCUT2D eigenvalue weighted by atomic mass is 10.1. The second-order valence-electron chi connectivity index (χ2n) is 3.56. The minimum absolute atomic E-state index is 0.0256. The van der Waals surface area contributed by atoms with Crippen LogP contribution in [0.25, 0.3) is 0 Å². The molecule has 0 aromatic rings. The Kier molecular flexibility index (Phi) is 1.87. The highest BCUT2D eigenvalue weighted by molar-refractivity contribution is 4.82. The summed E-state index contributed by atoms with van der Waals surface area (Å²) in [7, 11) is 0. The van der Waals surface area contributed by atoms with Crippen molar-refractivity contribution >= 4 is 0 Å². The fourth-order valence-electron chi connectivity index (χ4n) is 1.78. The summed E-state index contributed by atoms with van der Waals surface area (Å²) < 4.78 is 10.8. The van der Waals surface area contributed by atoms with Crippen LogP contribution in [-0.4, -0.2) is 37.1 Å². The van der Waals surface area contributed by atoms with Gasteiger partial charge in [-0.3, -0.25) is 0 Å². The topological polar surface area (TPSA) is 21.7 Å².